The molecule has 1 unspecified atom stereocenters. The quantitative estimate of drug-likeness (QED) is 0.187. The molecule has 0 aromatic heterocycles. The summed E-state index contributed by atoms with van der Waals surface area (Å²) in [7, 11) is 0. The molecule has 0 aromatic rings. The van der Waals surface area contributed by atoms with E-state index >= 15 is 0 Å². The van der Waals surface area contributed by atoms with E-state index in [9.17, 15) is 9.90 Å². The molecular weight excluding hydrogens is 284 g/mol. The van der Waals surface area contributed by atoms with Gasteiger partial charge in [0.05, 0.1) is 11.8 Å². The van der Waals surface area contributed by atoms with Gasteiger partial charge in [-0.15, -0.1) is 0 Å². The van der Waals surface area contributed by atoms with Crippen LogP contribution in [0.2, 0.25) is 0 Å². The largest absolute Gasteiger partial charge is 0.548 e. The molecular formula is C14H31N6O2-. The van der Waals surface area contributed by atoms with Crippen LogP contribution in [0.5, 0.6) is 0 Å². The van der Waals surface area contributed by atoms with Gasteiger partial charge in [-0.25, -0.2) is 0 Å². The van der Waals surface area contributed by atoms with Crippen LogP contribution in [0.4, 0.5) is 0 Å². The molecule has 0 bridgehead atoms. The summed E-state index contributed by atoms with van der Waals surface area (Å²) in [6.07, 6.45) is 3.28. The van der Waals surface area contributed by atoms with Gasteiger partial charge in [0.25, 0.3) is 0 Å². The lowest BCUT2D eigenvalue weighted by molar-refractivity contribution is -0.307. The number of guanidine groups is 1. The van der Waals surface area contributed by atoms with Gasteiger partial charge in [0.15, 0.2) is 5.96 Å². The Labute approximate surface area is 133 Å². The van der Waals surface area contributed by atoms with Crippen molar-refractivity contribution in [3.8, 4) is 0 Å². The molecule has 0 aliphatic carbocycles. The molecule has 0 aromatic carbocycles. The maximum atomic E-state index is 10.1. The first-order valence-corrected chi connectivity index (χ1v) is 7.36. The molecule has 0 aliphatic heterocycles. The molecule has 0 aliphatic rings. The molecule has 8 nitrogen and oxygen atoms in total. The second kappa shape index (κ2) is 14.0. The van der Waals surface area contributed by atoms with Crippen molar-refractivity contribution in [2.45, 2.75) is 45.6 Å². The average Bonchev–Trinajstić information content (AvgIpc) is 2.39. The SMILES string of the molecule is C=C(N)NCCCC(N)C(=O)[O-].CC(C)CCCN=C(N)N. The number of carboxylic acids is 1. The summed E-state index contributed by atoms with van der Waals surface area (Å²) in [6.45, 7) is 9.14. The second-order valence-electron chi connectivity index (χ2n) is 5.36. The Balaban J connectivity index is 0. The number of nitrogens with two attached hydrogens (primary N) is 4. The van der Waals surface area contributed by atoms with Crippen molar-refractivity contribution >= 4 is 11.9 Å². The Morgan fingerprint density at radius 2 is 1.82 bits per heavy atom. The van der Waals surface area contributed by atoms with Crippen LogP contribution in [0, 0.1) is 5.92 Å². The maximum absolute atomic E-state index is 10.1. The summed E-state index contributed by atoms with van der Waals surface area (Å²) in [6, 6.07) is -0.891. The fourth-order valence-corrected chi connectivity index (χ4v) is 1.40. The summed E-state index contributed by atoms with van der Waals surface area (Å²) in [5, 5.41) is 12.9. The number of carbonyl (C=O) groups excluding carboxylic acids is 1. The topological polar surface area (TPSA) is 169 Å². The number of hydrogen-bond donors (Lipinski definition) is 5. The van der Waals surface area contributed by atoms with Gasteiger partial charge in [-0.05, 0) is 31.6 Å². The van der Waals surface area contributed by atoms with Crippen LogP contribution in [0.25, 0.3) is 0 Å². The molecule has 1 atom stereocenters. The predicted octanol–water partition coefficient (Wildman–Crippen LogP) is -1.44. The zero-order valence-electron chi connectivity index (χ0n) is 13.7. The van der Waals surface area contributed by atoms with Gasteiger partial charge in [-0.1, -0.05) is 20.4 Å². The van der Waals surface area contributed by atoms with Gasteiger partial charge in [0, 0.05) is 19.1 Å². The molecule has 8 heteroatoms. The molecule has 0 spiro atoms. The standard InChI is InChI=1S/C7H15N3O2.C7H17N3/c1-5(8)10-4-2-3-6(9)7(11)12;1-6(2)4-3-5-10-7(8)9/h6,10H,1-4,8-9H2,(H,11,12);6H,3-5H2,1-2H3,(H4,8,9,10)/p-1. The third-order valence-corrected chi connectivity index (χ3v) is 2.58. The van der Waals surface area contributed by atoms with Crippen molar-refractivity contribution in [3.63, 3.8) is 0 Å². The number of aliphatic imine (C=N–C) groups is 1. The van der Waals surface area contributed by atoms with Crippen LogP contribution in [0.1, 0.15) is 39.5 Å². The first-order valence-electron chi connectivity index (χ1n) is 7.36. The zero-order valence-corrected chi connectivity index (χ0v) is 13.7. The molecule has 0 rings (SSSR count). The van der Waals surface area contributed by atoms with Crippen molar-refractivity contribution in [2.75, 3.05) is 13.1 Å². The highest BCUT2D eigenvalue weighted by Gasteiger charge is 2.01. The molecule has 0 radical (unpaired) electrons. The maximum Gasteiger partial charge on any atom is 0.185 e. The lowest BCUT2D eigenvalue weighted by Gasteiger charge is -2.12. The lowest BCUT2D eigenvalue weighted by atomic mass is 10.1. The summed E-state index contributed by atoms with van der Waals surface area (Å²) >= 11 is 0. The van der Waals surface area contributed by atoms with Crippen molar-refractivity contribution in [3.05, 3.63) is 12.4 Å². The highest BCUT2D eigenvalue weighted by Crippen LogP contribution is 2.02. The minimum Gasteiger partial charge on any atom is -0.548 e. The Morgan fingerprint density at radius 1 is 1.23 bits per heavy atom. The summed E-state index contributed by atoms with van der Waals surface area (Å²) in [5.41, 5.74) is 20.7. The Bertz CT molecular complexity index is 340. The summed E-state index contributed by atoms with van der Waals surface area (Å²) in [4.78, 5) is 14.0. The van der Waals surface area contributed by atoms with E-state index in [1.807, 2.05) is 0 Å². The van der Waals surface area contributed by atoms with Gasteiger partial charge >= 0.3 is 0 Å². The molecule has 22 heavy (non-hydrogen) atoms. The van der Waals surface area contributed by atoms with E-state index in [1.165, 1.54) is 6.42 Å². The van der Waals surface area contributed by atoms with Crippen LogP contribution in [0.15, 0.2) is 17.4 Å². The third-order valence-electron chi connectivity index (χ3n) is 2.58. The monoisotopic (exact) mass is 315 g/mol. The van der Waals surface area contributed by atoms with Crippen LogP contribution in [-0.4, -0.2) is 31.1 Å². The van der Waals surface area contributed by atoms with Crippen molar-refractivity contribution < 1.29 is 9.90 Å². The summed E-state index contributed by atoms with van der Waals surface area (Å²) < 4.78 is 0. The number of hydrogen-bond acceptors (Lipinski definition) is 6. The van der Waals surface area contributed by atoms with E-state index in [2.05, 4.69) is 30.7 Å². The number of carboxylic acid groups (broad SMARTS) is 1. The number of nitrogens with zero attached hydrogens (tertiary/aromatic N) is 1. The van der Waals surface area contributed by atoms with Gasteiger partial charge in [0.1, 0.15) is 0 Å². The molecule has 9 N–H and O–H groups in total. The lowest BCUT2D eigenvalue weighted by Crippen LogP contribution is -2.42. The van der Waals surface area contributed by atoms with Crippen molar-refractivity contribution in [1.29, 1.82) is 0 Å². The highest BCUT2D eigenvalue weighted by molar-refractivity contribution is 5.75. The van der Waals surface area contributed by atoms with E-state index in [4.69, 9.17) is 22.9 Å². The van der Waals surface area contributed by atoms with Gasteiger partial charge < -0.3 is 38.2 Å². The molecule has 130 valence electrons. The first-order chi connectivity index (χ1) is 10.2. The minimum absolute atomic E-state index is 0.198. The molecule has 0 amide bonds. The van der Waals surface area contributed by atoms with Crippen LogP contribution in [0.3, 0.4) is 0 Å². The zero-order chi connectivity index (χ0) is 17.5. The number of nitrogens with one attached hydrogen (secondary N) is 1. The van der Waals surface area contributed by atoms with Crippen molar-refractivity contribution in [1.82, 2.24) is 5.32 Å². The smallest absolute Gasteiger partial charge is 0.185 e. The fraction of sp³-hybridized carbons (Fsp3) is 0.714. The molecule has 0 heterocycles. The normalized spacial score (nSPS) is 11.1. The van der Waals surface area contributed by atoms with E-state index in [0.717, 1.165) is 18.9 Å². The van der Waals surface area contributed by atoms with E-state index in [-0.39, 0.29) is 5.96 Å². The van der Waals surface area contributed by atoms with E-state index < -0.39 is 12.0 Å². The first kappa shape index (κ1) is 22.3. The van der Waals surface area contributed by atoms with E-state index in [0.29, 0.717) is 25.2 Å². The minimum atomic E-state index is -1.22. The number of aliphatic carboxylic acids is 1. The second-order valence-corrected chi connectivity index (χ2v) is 5.36. The number of carbonyl (C=O) groups is 1. The van der Waals surface area contributed by atoms with Gasteiger partial charge in [0.2, 0.25) is 0 Å². The summed E-state index contributed by atoms with van der Waals surface area (Å²) in [5.74, 6) is 0.0940. The fourth-order valence-electron chi connectivity index (χ4n) is 1.40. The predicted molar refractivity (Wildman–Crippen MR) is 88.3 cm³/mol. The average molecular weight is 315 g/mol. The third kappa shape index (κ3) is 20.4. The Kier molecular flexibility index (Phi) is 14.2. The Morgan fingerprint density at radius 3 is 2.23 bits per heavy atom. The molecule has 0 saturated carbocycles. The molecule has 0 fully saturated rings. The highest BCUT2D eigenvalue weighted by atomic mass is 16.4. The molecule has 0 saturated heterocycles. The van der Waals surface area contributed by atoms with Crippen LogP contribution in [-0.2, 0) is 4.79 Å². The van der Waals surface area contributed by atoms with E-state index in [1.54, 1.807) is 0 Å². The Hall–Kier alpha value is -1.96. The van der Waals surface area contributed by atoms with Gasteiger partial charge in [-0.2, -0.15) is 0 Å². The van der Waals surface area contributed by atoms with Crippen molar-refractivity contribution in [2.24, 2.45) is 33.8 Å². The van der Waals surface area contributed by atoms with Crippen LogP contribution >= 0.6 is 0 Å². The van der Waals surface area contributed by atoms with Gasteiger partial charge in [-0.3, -0.25) is 4.99 Å². The van der Waals surface area contributed by atoms with Crippen LogP contribution < -0.4 is 33.4 Å². The number of rotatable bonds is 10.